The lowest BCUT2D eigenvalue weighted by molar-refractivity contribution is -0.384. The zero-order valence-corrected chi connectivity index (χ0v) is 15.3. The molecular formula is C18H17BrN4O2. The van der Waals surface area contributed by atoms with Crippen LogP contribution in [0.4, 0.5) is 11.4 Å². The highest BCUT2D eigenvalue weighted by Crippen LogP contribution is 2.41. The van der Waals surface area contributed by atoms with Crippen molar-refractivity contribution in [2.45, 2.75) is 18.9 Å². The Bertz CT molecular complexity index is 969. The van der Waals surface area contributed by atoms with E-state index in [2.05, 4.69) is 25.4 Å². The van der Waals surface area contributed by atoms with E-state index in [1.54, 1.807) is 6.07 Å². The van der Waals surface area contributed by atoms with Gasteiger partial charge < -0.3 is 9.47 Å². The standard InChI is InChI=1S/C18H17BrN4O2/c1-21-14-6-3-2-5-13(14)20-18(21)16-7-4-10-22(16)15-9-8-12(19)11-17(15)23(24)25/h2-3,5-6,8-9,11,16H,4,7,10H2,1H3. The Balaban J connectivity index is 1.81. The number of fused-ring (bicyclic) bond motifs is 1. The van der Waals surface area contributed by atoms with Crippen LogP contribution in [-0.2, 0) is 7.05 Å². The summed E-state index contributed by atoms with van der Waals surface area (Å²) in [6.45, 7) is 0.788. The molecule has 3 aromatic rings. The molecule has 1 aliphatic rings. The minimum atomic E-state index is -0.315. The highest BCUT2D eigenvalue weighted by molar-refractivity contribution is 9.10. The van der Waals surface area contributed by atoms with Crippen molar-refractivity contribution in [1.29, 1.82) is 0 Å². The van der Waals surface area contributed by atoms with Crippen LogP contribution in [0.2, 0.25) is 0 Å². The van der Waals surface area contributed by atoms with Crippen LogP contribution in [0.3, 0.4) is 0 Å². The number of anilines is 1. The van der Waals surface area contributed by atoms with Gasteiger partial charge in [0.2, 0.25) is 0 Å². The molecule has 2 aromatic carbocycles. The van der Waals surface area contributed by atoms with Crippen LogP contribution < -0.4 is 4.90 Å². The Morgan fingerprint density at radius 3 is 2.84 bits per heavy atom. The number of para-hydroxylation sites is 2. The van der Waals surface area contributed by atoms with E-state index in [4.69, 9.17) is 4.98 Å². The van der Waals surface area contributed by atoms with Crippen LogP contribution >= 0.6 is 15.9 Å². The smallest absolute Gasteiger partial charge is 0.293 e. The van der Waals surface area contributed by atoms with E-state index < -0.39 is 0 Å². The first-order chi connectivity index (χ1) is 12.1. The maximum atomic E-state index is 11.5. The maximum absolute atomic E-state index is 11.5. The molecule has 2 heterocycles. The SMILES string of the molecule is Cn1c(C2CCCN2c2ccc(Br)cc2[N+](=O)[O-])nc2ccccc21. The molecule has 4 rings (SSSR count). The van der Waals surface area contributed by atoms with E-state index in [0.29, 0.717) is 10.2 Å². The third-order valence-electron chi connectivity index (χ3n) is 4.82. The molecule has 1 saturated heterocycles. The van der Waals surface area contributed by atoms with Gasteiger partial charge in [0, 0.05) is 24.1 Å². The van der Waals surface area contributed by atoms with E-state index in [-0.39, 0.29) is 16.7 Å². The van der Waals surface area contributed by atoms with Crippen LogP contribution in [0, 0.1) is 10.1 Å². The van der Waals surface area contributed by atoms with E-state index in [0.717, 1.165) is 36.2 Å². The predicted molar refractivity (Wildman–Crippen MR) is 101 cm³/mol. The van der Waals surface area contributed by atoms with Gasteiger partial charge in [0.15, 0.2) is 0 Å². The van der Waals surface area contributed by atoms with Gasteiger partial charge in [0.25, 0.3) is 5.69 Å². The van der Waals surface area contributed by atoms with Crippen LogP contribution in [-0.4, -0.2) is 21.0 Å². The quantitative estimate of drug-likeness (QED) is 0.476. The van der Waals surface area contributed by atoms with Crippen molar-refractivity contribution in [3.63, 3.8) is 0 Å². The topological polar surface area (TPSA) is 64.2 Å². The largest absolute Gasteiger partial charge is 0.356 e. The van der Waals surface area contributed by atoms with Gasteiger partial charge >= 0.3 is 0 Å². The highest BCUT2D eigenvalue weighted by Gasteiger charge is 2.33. The summed E-state index contributed by atoms with van der Waals surface area (Å²) >= 11 is 3.33. The summed E-state index contributed by atoms with van der Waals surface area (Å²) in [5.74, 6) is 0.955. The fraction of sp³-hybridized carbons (Fsp3) is 0.278. The molecule has 1 atom stereocenters. The molecule has 25 heavy (non-hydrogen) atoms. The van der Waals surface area contributed by atoms with Crippen LogP contribution in [0.1, 0.15) is 24.7 Å². The van der Waals surface area contributed by atoms with Gasteiger partial charge in [-0.05, 0) is 37.1 Å². The van der Waals surface area contributed by atoms with Crippen molar-refractivity contribution in [2.24, 2.45) is 7.05 Å². The second kappa shape index (κ2) is 6.15. The molecule has 0 spiro atoms. The summed E-state index contributed by atoms with van der Waals surface area (Å²) in [5, 5.41) is 11.5. The third-order valence-corrected chi connectivity index (χ3v) is 5.31. The first kappa shape index (κ1) is 16.1. The summed E-state index contributed by atoms with van der Waals surface area (Å²) in [7, 11) is 2.01. The minimum absolute atomic E-state index is 0.0391. The van der Waals surface area contributed by atoms with Crippen molar-refractivity contribution in [3.8, 4) is 0 Å². The summed E-state index contributed by atoms with van der Waals surface area (Å²) in [6.07, 6.45) is 1.92. The summed E-state index contributed by atoms with van der Waals surface area (Å²) in [4.78, 5) is 18.1. The van der Waals surface area contributed by atoms with Crippen molar-refractivity contribution >= 4 is 38.3 Å². The third kappa shape index (κ3) is 2.68. The normalized spacial score (nSPS) is 17.4. The molecule has 1 unspecified atom stereocenters. The molecular weight excluding hydrogens is 384 g/mol. The van der Waals surface area contributed by atoms with Gasteiger partial charge in [-0.15, -0.1) is 0 Å². The number of rotatable bonds is 3. The zero-order valence-electron chi connectivity index (χ0n) is 13.7. The second-order valence-corrected chi connectivity index (χ2v) is 7.17. The molecule has 0 saturated carbocycles. The van der Waals surface area contributed by atoms with Gasteiger partial charge in [-0.3, -0.25) is 10.1 Å². The lowest BCUT2D eigenvalue weighted by Crippen LogP contribution is -2.25. The number of nitrogens with zero attached hydrogens (tertiary/aromatic N) is 4. The molecule has 0 amide bonds. The molecule has 128 valence electrons. The first-order valence-electron chi connectivity index (χ1n) is 8.18. The Hall–Kier alpha value is -2.41. The number of nitro groups is 1. The second-order valence-electron chi connectivity index (χ2n) is 6.26. The van der Waals surface area contributed by atoms with Crippen LogP contribution in [0.25, 0.3) is 11.0 Å². The Morgan fingerprint density at radius 1 is 1.28 bits per heavy atom. The van der Waals surface area contributed by atoms with Gasteiger partial charge in [0.05, 0.1) is 22.0 Å². The molecule has 1 fully saturated rings. The number of aryl methyl sites for hydroxylation is 1. The van der Waals surface area contributed by atoms with Crippen LogP contribution in [0.15, 0.2) is 46.9 Å². The van der Waals surface area contributed by atoms with E-state index in [9.17, 15) is 10.1 Å². The number of halogens is 1. The molecule has 0 bridgehead atoms. The monoisotopic (exact) mass is 400 g/mol. The van der Waals surface area contributed by atoms with Gasteiger partial charge in [-0.2, -0.15) is 0 Å². The Morgan fingerprint density at radius 2 is 2.08 bits per heavy atom. The average Bonchev–Trinajstić information content (AvgIpc) is 3.20. The molecule has 1 aliphatic heterocycles. The molecule has 7 heteroatoms. The average molecular weight is 401 g/mol. The number of hydrogen-bond acceptors (Lipinski definition) is 4. The number of aromatic nitrogens is 2. The van der Waals surface area contributed by atoms with Gasteiger partial charge in [-0.25, -0.2) is 4.98 Å². The lowest BCUT2D eigenvalue weighted by atomic mass is 10.1. The zero-order chi connectivity index (χ0) is 17.6. The first-order valence-corrected chi connectivity index (χ1v) is 8.97. The number of hydrogen-bond donors (Lipinski definition) is 0. The predicted octanol–water partition coefficient (Wildman–Crippen LogP) is 4.59. The van der Waals surface area contributed by atoms with E-state index >= 15 is 0 Å². The maximum Gasteiger partial charge on any atom is 0.293 e. The molecule has 1 aromatic heterocycles. The molecule has 0 radical (unpaired) electrons. The fourth-order valence-corrected chi connectivity index (χ4v) is 4.02. The van der Waals surface area contributed by atoms with Crippen molar-refractivity contribution in [3.05, 3.63) is 62.9 Å². The van der Waals surface area contributed by atoms with Crippen molar-refractivity contribution < 1.29 is 4.92 Å². The van der Waals surface area contributed by atoms with E-state index in [1.165, 1.54) is 0 Å². The Labute approximate surface area is 153 Å². The number of imidazole rings is 1. The van der Waals surface area contributed by atoms with Crippen LogP contribution in [0.5, 0.6) is 0 Å². The van der Waals surface area contributed by atoms with Gasteiger partial charge in [-0.1, -0.05) is 28.1 Å². The Kier molecular flexibility index (Phi) is 3.95. The fourth-order valence-electron chi connectivity index (χ4n) is 3.67. The summed E-state index contributed by atoms with van der Waals surface area (Å²) in [6, 6.07) is 13.3. The summed E-state index contributed by atoms with van der Waals surface area (Å²) in [5.41, 5.74) is 2.81. The summed E-state index contributed by atoms with van der Waals surface area (Å²) < 4.78 is 2.81. The highest BCUT2D eigenvalue weighted by atomic mass is 79.9. The number of nitro benzene ring substituents is 1. The minimum Gasteiger partial charge on any atom is -0.356 e. The molecule has 0 aliphatic carbocycles. The van der Waals surface area contributed by atoms with Gasteiger partial charge in [0.1, 0.15) is 11.5 Å². The lowest BCUT2D eigenvalue weighted by Gasteiger charge is -2.26. The number of benzene rings is 2. The van der Waals surface area contributed by atoms with E-state index in [1.807, 2.05) is 43.4 Å². The molecule has 0 N–H and O–H groups in total. The van der Waals surface area contributed by atoms with Crippen molar-refractivity contribution in [2.75, 3.05) is 11.4 Å². The van der Waals surface area contributed by atoms with Crippen molar-refractivity contribution in [1.82, 2.24) is 9.55 Å². The molecule has 6 nitrogen and oxygen atoms in total.